The quantitative estimate of drug-likeness (QED) is 0.435. The first kappa shape index (κ1) is 8.58. The summed E-state index contributed by atoms with van der Waals surface area (Å²) in [6, 6.07) is 3.58. The van der Waals surface area contributed by atoms with Crippen molar-refractivity contribution >= 4 is 48.4 Å². The highest BCUT2D eigenvalue weighted by atomic mass is 35.5. The first-order valence-electron chi connectivity index (χ1n) is 3.68. The van der Waals surface area contributed by atoms with Crippen LogP contribution in [0.4, 0.5) is 0 Å². The first-order valence-corrected chi connectivity index (χ1v) is 6.50. The monoisotopic (exact) mass is 246 g/mol. The lowest BCUT2D eigenvalue weighted by Crippen LogP contribution is -2.01. The normalized spacial score (nSPS) is 24.4. The second kappa shape index (κ2) is 3.15. The van der Waals surface area contributed by atoms with Crippen LogP contribution in [0, 0.1) is 0 Å². The van der Waals surface area contributed by atoms with Gasteiger partial charge in [0.1, 0.15) is 9.80 Å². The average molecular weight is 247 g/mol. The van der Waals surface area contributed by atoms with E-state index in [0.29, 0.717) is 21.8 Å². The largest absolute Gasteiger partial charge is 0.459 e. The van der Waals surface area contributed by atoms with Crippen LogP contribution < -0.4 is 0 Å². The van der Waals surface area contributed by atoms with E-state index in [4.69, 9.17) is 20.2 Å². The van der Waals surface area contributed by atoms with Gasteiger partial charge in [0.15, 0.2) is 15.9 Å². The minimum absolute atomic E-state index is 0.417. The van der Waals surface area contributed by atoms with Crippen molar-refractivity contribution in [3.05, 3.63) is 24.2 Å². The second-order valence-electron chi connectivity index (χ2n) is 2.47. The molecule has 72 valence electrons. The fraction of sp³-hybridized carbons (Fsp3) is 0. The van der Waals surface area contributed by atoms with Crippen LogP contribution in [-0.4, -0.2) is 16.1 Å². The molecular formula is C7H3ClN2O2S2. The predicted molar refractivity (Wildman–Crippen MR) is 59.8 cm³/mol. The van der Waals surface area contributed by atoms with Crippen molar-refractivity contribution in [3.63, 3.8) is 0 Å². The molecule has 4 nitrogen and oxygen atoms in total. The fourth-order valence-electron chi connectivity index (χ4n) is 1.03. The van der Waals surface area contributed by atoms with Gasteiger partial charge in [0.25, 0.3) is 5.90 Å². The van der Waals surface area contributed by atoms with E-state index in [1.54, 1.807) is 18.4 Å². The molecule has 0 spiro atoms. The zero-order valence-corrected chi connectivity index (χ0v) is 9.03. The summed E-state index contributed by atoms with van der Waals surface area (Å²) in [7, 11) is 0.812. The molecule has 3 heterocycles. The van der Waals surface area contributed by atoms with Gasteiger partial charge in [-0.05, 0) is 12.1 Å². The van der Waals surface area contributed by atoms with Gasteiger partial charge in [0.2, 0.25) is 0 Å². The summed E-state index contributed by atoms with van der Waals surface area (Å²) in [5, 5.41) is 0.417. The third-order valence-corrected chi connectivity index (χ3v) is 4.69. The van der Waals surface area contributed by atoms with Gasteiger partial charge >= 0.3 is 0 Å². The van der Waals surface area contributed by atoms with E-state index in [9.17, 15) is 0 Å². The Bertz CT molecular complexity index is 478. The van der Waals surface area contributed by atoms with Gasteiger partial charge in [-0.1, -0.05) is 11.6 Å². The number of rotatable bonds is 1. The van der Waals surface area contributed by atoms with Crippen molar-refractivity contribution in [1.29, 1.82) is 0 Å². The van der Waals surface area contributed by atoms with Gasteiger partial charge in [0.05, 0.1) is 17.2 Å². The Hall–Kier alpha value is -0.720. The molecule has 3 rings (SSSR count). The van der Waals surface area contributed by atoms with E-state index in [1.807, 2.05) is 0 Å². The SMILES string of the molecule is ClC1=NSS2=C1N=C(c1ccco1)O2. The van der Waals surface area contributed by atoms with Gasteiger partial charge in [-0.2, -0.15) is 9.39 Å². The summed E-state index contributed by atoms with van der Waals surface area (Å²) in [6.45, 7) is 0. The molecule has 0 N–H and O–H groups in total. The van der Waals surface area contributed by atoms with Crippen LogP contribution in [0.1, 0.15) is 5.76 Å². The standard InChI is InChI=1S/C7H3ClN2O2S2/c8-5-7-9-6(4-2-1-3-11-4)12-14(7)13-10-5/h1-3H. The minimum Gasteiger partial charge on any atom is -0.459 e. The predicted octanol–water partition coefficient (Wildman–Crippen LogP) is 2.58. The van der Waals surface area contributed by atoms with Crippen molar-refractivity contribution in [2.24, 2.45) is 9.39 Å². The Morgan fingerprint density at radius 2 is 2.43 bits per heavy atom. The van der Waals surface area contributed by atoms with E-state index in [0.717, 1.165) is 0 Å². The van der Waals surface area contributed by atoms with Crippen molar-refractivity contribution in [2.45, 2.75) is 0 Å². The minimum atomic E-state index is -0.479. The van der Waals surface area contributed by atoms with E-state index in [2.05, 4.69) is 9.39 Å². The van der Waals surface area contributed by atoms with Crippen molar-refractivity contribution < 1.29 is 8.60 Å². The van der Waals surface area contributed by atoms with E-state index < -0.39 is 9.80 Å². The molecule has 0 fully saturated rings. The second-order valence-corrected chi connectivity index (χ2v) is 5.54. The molecule has 1 unspecified atom stereocenters. The zero-order chi connectivity index (χ0) is 9.54. The van der Waals surface area contributed by atoms with Gasteiger partial charge in [0, 0.05) is 0 Å². The first-order chi connectivity index (χ1) is 6.84. The maximum atomic E-state index is 5.82. The van der Waals surface area contributed by atoms with E-state index in [-0.39, 0.29) is 0 Å². The summed E-state index contributed by atoms with van der Waals surface area (Å²) in [5.41, 5.74) is 0. The summed E-state index contributed by atoms with van der Waals surface area (Å²) < 4.78 is 14.6. The van der Waals surface area contributed by atoms with Crippen LogP contribution in [-0.2, 0) is 4.18 Å². The average Bonchev–Trinajstić information content (AvgIpc) is 2.83. The molecule has 0 saturated carbocycles. The van der Waals surface area contributed by atoms with Gasteiger partial charge in [-0.3, -0.25) is 0 Å². The molecule has 1 aromatic heterocycles. The Balaban J connectivity index is 1.97. The van der Waals surface area contributed by atoms with E-state index in [1.165, 1.54) is 11.0 Å². The van der Waals surface area contributed by atoms with Gasteiger partial charge in [-0.25, -0.2) is 0 Å². The number of hydrogen-bond acceptors (Lipinski definition) is 5. The van der Waals surface area contributed by atoms with Crippen LogP contribution in [0.2, 0.25) is 0 Å². The van der Waals surface area contributed by atoms with Crippen molar-refractivity contribution in [1.82, 2.24) is 0 Å². The third kappa shape index (κ3) is 1.22. The van der Waals surface area contributed by atoms with Gasteiger partial charge in [-0.15, -0.1) is 0 Å². The highest BCUT2D eigenvalue weighted by Crippen LogP contribution is 2.44. The molecule has 0 bridgehead atoms. The molecule has 2 aliphatic heterocycles. The number of aliphatic imine (C=N–C) groups is 1. The summed E-state index contributed by atoms with van der Waals surface area (Å²) in [4.78, 5) is 4.92. The molecular weight excluding hydrogens is 244 g/mol. The van der Waals surface area contributed by atoms with Crippen molar-refractivity contribution in [2.75, 3.05) is 0 Å². The Morgan fingerprint density at radius 3 is 3.14 bits per heavy atom. The Morgan fingerprint density at radius 1 is 1.50 bits per heavy atom. The number of furan rings is 1. The van der Waals surface area contributed by atoms with Crippen LogP contribution in [0.25, 0.3) is 0 Å². The molecule has 0 aromatic carbocycles. The molecule has 0 saturated heterocycles. The summed E-state index contributed by atoms with van der Waals surface area (Å²) >= 11 is 5.82. The maximum Gasteiger partial charge on any atom is 0.272 e. The molecule has 0 amide bonds. The number of halogens is 1. The van der Waals surface area contributed by atoms with Crippen LogP contribution in [0.5, 0.6) is 0 Å². The van der Waals surface area contributed by atoms with E-state index >= 15 is 0 Å². The summed E-state index contributed by atoms with van der Waals surface area (Å²) in [5.74, 6) is 1.10. The molecule has 0 radical (unpaired) electrons. The van der Waals surface area contributed by atoms with Crippen LogP contribution >= 0.6 is 32.4 Å². The lowest BCUT2D eigenvalue weighted by molar-refractivity contribution is 0.529. The van der Waals surface area contributed by atoms with Crippen molar-refractivity contribution in [3.8, 4) is 0 Å². The number of hydrogen-bond donors (Lipinski definition) is 0. The smallest absolute Gasteiger partial charge is 0.272 e. The number of nitrogens with zero attached hydrogens (tertiary/aromatic N) is 2. The zero-order valence-electron chi connectivity index (χ0n) is 6.64. The molecule has 2 aliphatic rings. The highest BCUT2D eigenvalue weighted by Gasteiger charge is 2.29. The topological polar surface area (TPSA) is 47.1 Å². The molecule has 14 heavy (non-hydrogen) atoms. The lowest BCUT2D eigenvalue weighted by atomic mass is 10.4. The fourth-order valence-corrected chi connectivity index (χ4v) is 3.98. The van der Waals surface area contributed by atoms with Gasteiger partial charge < -0.3 is 8.60 Å². The maximum absolute atomic E-state index is 5.82. The van der Waals surface area contributed by atoms with Crippen LogP contribution in [0.3, 0.4) is 0 Å². The Labute approximate surface area is 90.7 Å². The highest BCUT2D eigenvalue weighted by molar-refractivity contribution is 8.82. The molecule has 1 aromatic rings. The van der Waals surface area contributed by atoms with Crippen LogP contribution in [0.15, 0.2) is 32.2 Å². The Kier molecular flexibility index (Phi) is 1.93. The molecule has 1 atom stereocenters. The molecule has 0 aliphatic carbocycles. The summed E-state index contributed by atoms with van der Waals surface area (Å²) in [6.07, 6.45) is 1.58. The lowest BCUT2D eigenvalue weighted by Gasteiger charge is -1.98. The molecule has 7 heteroatoms. The third-order valence-electron chi connectivity index (χ3n) is 1.61.